The molecule has 162 valence electrons. The summed E-state index contributed by atoms with van der Waals surface area (Å²) >= 11 is 5.57. The SMILES string of the molecule is Cn1c(-c2ccccc2F)nn(CN2CCN(Cc3ccc4c(c3)CCO4)CC2)c1=S. The van der Waals surface area contributed by atoms with E-state index in [1.165, 1.54) is 17.2 Å². The number of piperazine rings is 1. The van der Waals surface area contributed by atoms with Crippen molar-refractivity contribution in [2.45, 2.75) is 19.6 Å². The molecule has 0 radical (unpaired) electrons. The molecule has 2 aliphatic rings. The third-order valence-electron chi connectivity index (χ3n) is 6.11. The highest BCUT2D eigenvalue weighted by Crippen LogP contribution is 2.26. The predicted octanol–water partition coefficient (Wildman–Crippen LogP) is 3.47. The van der Waals surface area contributed by atoms with Crippen molar-refractivity contribution in [1.82, 2.24) is 24.1 Å². The van der Waals surface area contributed by atoms with E-state index in [1.807, 2.05) is 13.1 Å². The average molecular weight is 440 g/mol. The molecule has 3 aromatic rings. The van der Waals surface area contributed by atoms with Crippen LogP contribution in [0.15, 0.2) is 42.5 Å². The largest absolute Gasteiger partial charge is 0.493 e. The zero-order chi connectivity index (χ0) is 21.4. The Bertz CT molecular complexity index is 1150. The lowest BCUT2D eigenvalue weighted by Gasteiger charge is -2.34. The van der Waals surface area contributed by atoms with Gasteiger partial charge in [0.25, 0.3) is 0 Å². The Kier molecular flexibility index (Phi) is 5.60. The van der Waals surface area contributed by atoms with Crippen LogP contribution in [0, 0.1) is 10.6 Å². The molecule has 0 amide bonds. The molecule has 3 heterocycles. The van der Waals surface area contributed by atoms with Crippen LogP contribution < -0.4 is 4.74 Å². The standard InChI is InChI=1S/C23H26FN5OS/c1-26-22(19-4-2-3-5-20(19)24)25-29(23(26)31)16-28-11-9-27(10-12-28)15-17-6-7-21-18(14-17)8-13-30-21/h2-7,14H,8-13,15-16H2,1H3. The Balaban J connectivity index is 1.22. The number of benzene rings is 2. The quantitative estimate of drug-likeness (QED) is 0.570. The molecule has 6 nitrogen and oxygen atoms in total. The van der Waals surface area contributed by atoms with Crippen LogP contribution in [0.4, 0.5) is 4.39 Å². The summed E-state index contributed by atoms with van der Waals surface area (Å²) < 4.78 is 24.0. The van der Waals surface area contributed by atoms with Gasteiger partial charge in [-0.1, -0.05) is 24.3 Å². The molecular weight excluding hydrogens is 413 g/mol. The van der Waals surface area contributed by atoms with Crippen molar-refractivity contribution in [2.75, 3.05) is 32.8 Å². The zero-order valence-corrected chi connectivity index (χ0v) is 18.4. The molecule has 1 fully saturated rings. The van der Waals surface area contributed by atoms with Gasteiger partial charge in [-0.15, -0.1) is 0 Å². The van der Waals surface area contributed by atoms with Gasteiger partial charge < -0.3 is 9.30 Å². The number of fused-ring (bicyclic) bond motifs is 1. The van der Waals surface area contributed by atoms with Crippen molar-refractivity contribution in [3.05, 3.63) is 64.2 Å². The number of hydrogen-bond donors (Lipinski definition) is 0. The second kappa shape index (κ2) is 8.53. The van der Waals surface area contributed by atoms with Gasteiger partial charge in [0.2, 0.25) is 0 Å². The second-order valence-corrected chi connectivity index (χ2v) is 8.59. The molecule has 2 aliphatic heterocycles. The summed E-state index contributed by atoms with van der Waals surface area (Å²) in [5.41, 5.74) is 3.14. The van der Waals surface area contributed by atoms with Crippen molar-refractivity contribution < 1.29 is 9.13 Å². The average Bonchev–Trinajstić information content (AvgIpc) is 3.35. The van der Waals surface area contributed by atoms with Crippen molar-refractivity contribution in [3.8, 4) is 17.1 Å². The van der Waals surface area contributed by atoms with Crippen LogP contribution in [0.2, 0.25) is 0 Å². The monoisotopic (exact) mass is 439 g/mol. The molecular formula is C23H26FN5OS. The van der Waals surface area contributed by atoms with Gasteiger partial charge in [0.05, 0.1) is 18.8 Å². The van der Waals surface area contributed by atoms with Gasteiger partial charge in [0.15, 0.2) is 10.6 Å². The van der Waals surface area contributed by atoms with E-state index in [-0.39, 0.29) is 5.82 Å². The van der Waals surface area contributed by atoms with Crippen LogP contribution in [-0.2, 0) is 26.7 Å². The van der Waals surface area contributed by atoms with Crippen LogP contribution in [0.1, 0.15) is 11.1 Å². The topological polar surface area (TPSA) is 38.5 Å². The minimum atomic E-state index is -0.288. The summed E-state index contributed by atoms with van der Waals surface area (Å²) in [6.45, 7) is 6.25. The molecule has 0 unspecified atom stereocenters. The highest BCUT2D eigenvalue weighted by atomic mass is 32.1. The summed E-state index contributed by atoms with van der Waals surface area (Å²) in [6, 6.07) is 13.2. The van der Waals surface area contributed by atoms with Crippen molar-refractivity contribution in [1.29, 1.82) is 0 Å². The highest BCUT2D eigenvalue weighted by molar-refractivity contribution is 7.71. The van der Waals surface area contributed by atoms with E-state index >= 15 is 0 Å². The first kappa shape index (κ1) is 20.4. The van der Waals surface area contributed by atoms with Crippen LogP contribution in [-0.4, -0.2) is 56.9 Å². The van der Waals surface area contributed by atoms with E-state index < -0.39 is 0 Å². The van der Waals surface area contributed by atoms with Gasteiger partial charge in [0, 0.05) is 46.2 Å². The lowest BCUT2D eigenvalue weighted by Crippen LogP contribution is -2.46. The molecule has 8 heteroatoms. The number of ether oxygens (including phenoxy) is 1. The number of rotatable bonds is 5. The molecule has 0 aliphatic carbocycles. The maximum atomic E-state index is 14.2. The van der Waals surface area contributed by atoms with E-state index in [9.17, 15) is 4.39 Å². The molecule has 0 bridgehead atoms. The Hall–Kier alpha value is -2.55. The van der Waals surface area contributed by atoms with Gasteiger partial charge in [-0.25, -0.2) is 9.07 Å². The molecule has 5 rings (SSSR count). The first-order valence-electron chi connectivity index (χ1n) is 10.7. The minimum Gasteiger partial charge on any atom is -0.493 e. The molecule has 0 spiro atoms. The second-order valence-electron chi connectivity index (χ2n) is 8.22. The molecule has 31 heavy (non-hydrogen) atoms. The van der Waals surface area contributed by atoms with E-state index in [0.717, 1.165) is 51.5 Å². The van der Waals surface area contributed by atoms with Crippen LogP contribution in [0.5, 0.6) is 5.75 Å². The summed E-state index contributed by atoms with van der Waals surface area (Å²) in [4.78, 5) is 4.83. The van der Waals surface area contributed by atoms with E-state index in [1.54, 1.807) is 21.4 Å². The fourth-order valence-corrected chi connectivity index (χ4v) is 4.52. The maximum Gasteiger partial charge on any atom is 0.199 e. The van der Waals surface area contributed by atoms with Gasteiger partial charge in [-0.3, -0.25) is 9.80 Å². The Labute approximate surface area is 186 Å². The van der Waals surface area contributed by atoms with Gasteiger partial charge in [-0.05, 0) is 41.5 Å². The normalized spacial score (nSPS) is 17.0. The first-order chi connectivity index (χ1) is 15.1. The zero-order valence-electron chi connectivity index (χ0n) is 17.6. The molecule has 2 aromatic carbocycles. The van der Waals surface area contributed by atoms with E-state index in [0.29, 0.717) is 22.8 Å². The van der Waals surface area contributed by atoms with Crippen LogP contribution >= 0.6 is 12.2 Å². The number of nitrogens with zero attached hydrogens (tertiary/aromatic N) is 5. The summed E-state index contributed by atoms with van der Waals surface area (Å²) in [7, 11) is 1.84. The molecule has 0 saturated carbocycles. The fourth-order valence-electron chi connectivity index (χ4n) is 4.33. The number of halogens is 1. The van der Waals surface area contributed by atoms with Gasteiger partial charge in [0.1, 0.15) is 11.6 Å². The third-order valence-corrected chi connectivity index (χ3v) is 6.60. The third kappa shape index (κ3) is 4.15. The van der Waals surface area contributed by atoms with E-state index in [2.05, 4.69) is 33.1 Å². The maximum absolute atomic E-state index is 14.2. The fraction of sp³-hybridized carbons (Fsp3) is 0.391. The molecule has 0 N–H and O–H groups in total. The lowest BCUT2D eigenvalue weighted by atomic mass is 10.1. The van der Waals surface area contributed by atoms with Crippen LogP contribution in [0.25, 0.3) is 11.4 Å². The van der Waals surface area contributed by atoms with E-state index in [4.69, 9.17) is 17.0 Å². The van der Waals surface area contributed by atoms with Crippen molar-refractivity contribution in [3.63, 3.8) is 0 Å². The lowest BCUT2D eigenvalue weighted by molar-refractivity contribution is 0.0981. The Morgan fingerprint density at radius 3 is 2.65 bits per heavy atom. The predicted molar refractivity (Wildman–Crippen MR) is 120 cm³/mol. The summed E-state index contributed by atoms with van der Waals surface area (Å²) in [5, 5.41) is 4.62. The smallest absolute Gasteiger partial charge is 0.199 e. The Morgan fingerprint density at radius 1 is 1.06 bits per heavy atom. The molecule has 1 aromatic heterocycles. The van der Waals surface area contributed by atoms with Gasteiger partial charge in [-0.2, -0.15) is 5.10 Å². The summed E-state index contributed by atoms with van der Waals surface area (Å²) in [5.74, 6) is 1.31. The summed E-state index contributed by atoms with van der Waals surface area (Å²) in [6.07, 6.45) is 1.01. The highest BCUT2D eigenvalue weighted by Gasteiger charge is 2.20. The Morgan fingerprint density at radius 2 is 1.84 bits per heavy atom. The minimum absolute atomic E-state index is 0.288. The van der Waals surface area contributed by atoms with Crippen molar-refractivity contribution in [2.24, 2.45) is 7.05 Å². The van der Waals surface area contributed by atoms with Crippen molar-refractivity contribution >= 4 is 12.2 Å². The number of hydrogen-bond acceptors (Lipinski definition) is 5. The molecule has 0 atom stereocenters. The van der Waals surface area contributed by atoms with Gasteiger partial charge >= 0.3 is 0 Å². The molecule has 1 saturated heterocycles. The van der Waals surface area contributed by atoms with Crippen LogP contribution in [0.3, 0.4) is 0 Å². The first-order valence-corrected chi connectivity index (χ1v) is 11.1. The number of aromatic nitrogens is 3.